The van der Waals surface area contributed by atoms with Crippen LogP contribution < -0.4 is 5.32 Å². The normalized spacial score (nSPS) is 7.85. The van der Waals surface area contributed by atoms with Crippen LogP contribution in [-0.2, 0) is 25.6 Å². The molecule has 0 radical (unpaired) electrons. The van der Waals surface area contributed by atoms with Crippen molar-refractivity contribution in [1.29, 1.82) is 0 Å². The van der Waals surface area contributed by atoms with Crippen LogP contribution >= 0.6 is 17.0 Å². The van der Waals surface area contributed by atoms with Crippen molar-refractivity contribution in [2.24, 2.45) is 0 Å². The Kier molecular flexibility index (Phi) is 10.4. The minimum atomic E-state index is -0.826. The van der Waals surface area contributed by atoms with Gasteiger partial charge in [0.2, 0.25) is 0 Å². The van der Waals surface area contributed by atoms with Gasteiger partial charge in [0.05, 0.1) is 6.54 Å². The van der Waals surface area contributed by atoms with Gasteiger partial charge in [0.15, 0.2) is 0 Å². The molecular weight excluding hydrogens is 288 g/mol. The number of rotatable bonds is 3. The van der Waals surface area contributed by atoms with Gasteiger partial charge in [-0.3, -0.25) is 0 Å². The Morgan fingerprint density at radius 1 is 1.31 bits per heavy atom. The quantitative estimate of drug-likeness (QED) is 0.869. The Bertz CT molecular complexity index is 221. The molecule has 0 saturated carbocycles. The summed E-state index contributed by atoms with van der Waals surface area (Å²) in [7, 11) is 9.87. The van der Waals surface area contributed by atoms with Gasteiger partial charge in [-0.15, -0.1) is 0 Å². The number of hydrogen-bond acceptors (Lipinski definition) is 2. The molecule has 0 aromatic heterocycles. The van der Waals surface area contributed by atoms with Gasteiger partial charge < -0.3 is 10.1 Å². The fraction of sp³-hybridized carbons (Fsp3) is 0.125. The van der Waals surface area contributed by atoms with Gasteiger partial charge in [-0.25, -0.2) is 0 Å². The first kappa shape index (κ1) is 13.2. The van der Waals surface area contributed by atoms with E-state index in [1.54, 1.807) is 0 Å². The standard InChI is InChI=1S/C8H9NO.2ClH.Zr/c10-7-6-9-8-4-2-1-3-5-8;;;/h1-5,7,9H,6H2;2*1H;/q;;;+2/p-2. The second kappa shape index (κ2) is 10.2. The molecule has 1 N–H and O–H groups in total. The van der Waals surface area contributed by atoms with Gasteiger partial charge in [0.1, 0.15) is 6.29 Å². The first-order chi connectivity index (χ1) is 6.35. The van der Waals surface area contributed by atoms with E-state index in [2.05, 4.69) is 5.32 Å². The van der Waals surface area contributed by atoms with Crippen LogP contribution in [-0.4, -0.2) is 12.8 Å². The molecular formula is C8H9Cl2NOZr. The summed E-state index contributed by atoms with van der Waals surface area (Å²) in [6.45, 7) is 0.379. The van der Waals surface area contributed by atoms with E-state index >= 15 is 0 Å². The average Bonchev–Trinajstić information content (AvgIpc) is 2.18. The molecule has 0 atom stereocenters. The Balaban J connectivity index is 0.000000424. The number of nitrogens with one attached hydrogen (secondary N) is 1. The molecule has 1 aromatic rings. The third kappa shape index (κ3) is 8.48. The van der Waals surface area contributed by atoms with E-state index in [4.69, 9.17) is 17.0 Å². The molecule has 0 spiro atoms. The number of hydrogen-bond donors (Lipinski definition) is 1. The summed E-state index contributed by atoms with van der Waals surface area (Å²) in [5.41, 5.74) is 0.981. The van der Waals surface area contributed by atoms with Crippen LogP contribution in [0.4, 0.5) is 5.69 Å². The van der Waals surface area contributed by atoms with Crippen molar-refractivity contribution in [2.45, 2.75) is 0 Å². The molecule has 1 rings (SSSR count). The predicted molar refractivity (Wildman–Crippen MR) is 52.7 cm³/mol. The van der Waals surface area contributed by atoms with Gasteiger partial charge in [-0.1, -0.05) is 18.2 Å². The van der Waals surface area contributed by atoms with E-state index in [1.807, 2.05) is 30.3 Å². The summed E-state index contributed by atoms with van der Waals surface area (Å²) in [5, 5.41) is 2.93. The molecule has 70 valence electrons. The zero-order valence-corrected chi connectivity index (χ0v) is 10.8. The van der Waals surface area contributed by atoms with E-state index in [-0.39, 0.29) is 0 Å². The van der Waals surface area contributed by atoms with Crippen LogP contribution in [0.3, 0.4) is 0 Å². The number of aldehydes is 1. The van der Waals surface area contributed by atoms with E-state index in [9.17, 15) is 4.79 Å². The molecule has 0 bridgehead atoms. The van der Waals surface area contributed by atoms with Crippen molar-refractivity contribution >= 4 is 29.0 Å². The zero-order chi connectivity index (χ0) is 9.94. The van der Waals surface area contributed by atoms with Gasteiger partial charge in [-0.05, 0) is 12.1 Å². The van der Waals surface area contributed by atoms with Crippen LogP contribution in [0.25, 0.3) is 0 Å². The summed E-state index contributed by atoms with van der Waals surface area (Å²) in [6.07, 6.45) is 0.840. The molecule has 0 amide bonds. The van der Waals surface area contributed by atoms with E-state index in [1.165, 1.54) is 0 Å². The maximum atomic E-state index is 9.92. The zero-order valence-electron chi connectivity index (χ0n) is 6.84. The Morgan fingerprint density at radius 2 is 1.85 bits per heavy atom. The molecule has 0 aliphatic carbocycles. The molecule has 0 fully saturated rings. The first-order valence-electron chi connectivity index (χ1n) is 3.54. The fourth-order valence-corrected chi connectivity index (χ4v) is 0.716. The molecule has 2 nitrogen and oxygen atoms in total. The van der Waals surface area contributed by atoms with Gasteiger partial charge >= 0.3 is 37.9 Å². The molecule has 0 saturated heterocycles. The number of para-hydroxylation sites is 1. The second-order valence-corrected chi connectivity index (χ2v) is 5.72. The summed E-state index contributed by atoms with van der Waals surface area (Å²) in [4.78, 5) is 9.92. The van der Waals surface area contributed by atoms with Crippen molar-refractivity contribution in [3.63, 3.8) is 0 Å². The molecule has 0 unspecified atom stereocenters. The van der Waals surface area contributed by atoms with Gasteiger partial charge in [0, 0.05) is 5.69 Å². The Labute approximate surface area is 96.3 Å². The van der Waals surface area contributed by atoms with Crippen molar-refractivity contribution in [1.82, 2.24) is 0 Å². The molecule has 0 aliphatic rings. The van der Waals surface area contributed by atoms with Crippen LogP contribution in [0.1, 0.15) is 0 Å². The number of carbonyl (C=O) groups excluding carboxylic acids is 1. The number of anilines is 1. The minimum absolute atomic E-state index is 0.379. The SMILES string of the molecule is O=CCNc1ccccc1.[Cl][Zr][Cl]. The molecule has 0 aliphatic heterocycles. The van der Waals surface area contributed by atoms with Crippen molar-refractivity contribution < 1.29 is 25.6 Å². The average molecular weight is 297 g/mol. The van der Waals surface area contributed by atoms with E-state index < -0.39 is 20.8 Å². The van der Waals surface area contributed by atoms with Crippen LogP contribution in [0.5, 0.6) is 0 Å². The van der Waals surface area contributed by atoms with E-state index in [0.29, 0.717) is 6.54 Å². The Morgan fingerprint density at radius 3 is 2.31 bits per heavy atom. The van der Waals surface area contributed by atoms with Crippen LogP contribution in [0.2, 0.25) is 0 Å². The van der Waals surface area contributed by atoms with Crippen molar-refractivity contribution in [3.05, 3.63) is 30.3 Å². The third-order valence-electron chi connectivity index (χ3n) is 1.16. The number of halogens is 2. The molecule has 1 aromatic carbocycles. The third-order valence-corrected chi connectivity index (χ3v) is 1.16. The summed E-state index contributed by atoms with van der Waals surface area (Å²) in [6, 6.07) is 9.62. The van der Waals surface area contributed by atoms with E-state index in [0.717, 1.165) is 12.0 Å². The monoisotopic (exact) mass is 295 g/mol. The van der Waals surface area contributed by atoms with Crippen molar-refractivity contribution in [3.8, 4) is 0 Å². The predicted octanol–water partition coefficient (Wildman–Crippen LogP) is 2.67. The molecule has 13 heavy (non-hydrogen) atoms. The number of benzene rings is 1. The van der Waals surface area contributed by atoms with Crippen LogP contribution in [0.15, 0.2) is 30.3 Å². The summed E-state index contributed by atoms with van der Waals surface area (Å²) < 4.78 is 0. The topological polar surface area (TPSA) is 29.1 Å². The number of carbonyl (C=O) groups is 1. The Hall–Kier alpha value is 0.153. The van der Waals surface area contributed by atoms with Crippen LogP contribution in [0, 0.1) is 0 Å². The van der Waals surface area contributed by atoms with Gasteiger partial charge in [0.25, 0.3) is 0 Å². The second-order valence-electron chi connectivity index (χ2n) is 1.99. The van der Waals surface area contributed by atoms with Crippen molar-refractivity contribution in [2.75, 3.05) is 11.9 Å². The maximum absolute atomic E-state index is 9.92. The molecule has 5 heteroatoms. The first-order valence-corrected chi connectivity index (χ1v) is 9.87. The summed E-state index contributed by atoms with van der Waals surface area (Å²) >= 11 is -0.826. The summed E-state index contributed by atoms with van der Waals surface area (Å²) in [5.74, 6) is 0. The fourth-order valence-electron chi connectivity index (χ4n) is 0.716. The molecule has 0 heterocycles. The van der Waals surface area contributed by atoms with Gasteiger partial charge in [-0.2, -0.15) is 0 Å².